The molecule has 10 heteroatoms. The number of fused-ring (bicyclic) bond motifs is 2. The van der Waals surface area contributed by atoms with E-state index >= 15 is 0 Å². The van der Waals surface area contributed by atoms with Gasteiger partial charge >= 0.3 is 6.01 Å². The van der Waals surface area contributed by atoms with E-state index in [0.29, 0.717) is 44.8 Å². The summed E-state index contributed by atoms with van der Waals surface area (Å²) in [6.07, 6.45) is 8.23. The molecule has 1 amide bonds. The second-order valence-electron chi connectivity index (χ2n) is 11.1. The number of ether oxygens (including phenoxy) is 1. The summed E-state index contributed by atoms with van der Waals surface area (Å²) in [7, 11) is 2.14. The number of hydrogen-bond donors (Lipinski definition) is 0. The molecule has 41 heavy (non-hydrogen) atoms. The third kappa shape index (κ3) is 5.42. The van der Waals surface area contributed by atoms with Crippen molar-refractivity contribution in [3.63, 3.8) is 0 Å². The fraction of sp³-hybridized carbons (Fsp3) is 0.452. The van der Waals surface area contributed by atoms with Crippen molar-refractivity contribution < 1.29 is 9.53 Å². The summed E-state index contributed by atoms with van der Waals surface area (Å²) >= 11 is 0. The van der Waals surface area contributed by atoms with Crippen LogP contribution in [-0.2, 0) is 17.8 Å². The number of anilines is 2. The quantitative estimate of drug-likeness (QED) is 0.327. The van der Waals surface area contributed by atoms with Crippen LogP contribution in [-0.4, -0.2) is 95.7 Å². The molecule has 3 aromatic rings. The lowest BCUT2D eigenvalue weighted by atomic mass is 10.0. The van der Waals surface area contributed by atoms with Crippen LogP contribution in [0.5, 0.6) is 6.01 Å². The highest BCUT2D eigenvalue weighted by atomic mass is 16.5. The molecule has 3 aliphatic heterocycles. The van der Waals surface area contributed by atoms with Gasteiger partial charge in [0.25, 0.3) is 0 Å². The highest BCUT2D eigenvalue weighted by Gasteiger charge is 2.35. The minimum atomic E-state index is -0.226. The average molecular weight is 553 g/mol. The first-order valence-electron chi connectivity index (χ1n) is 14.4. The van der Waals surface area contributed by atoms with Crippen LogP contribution in [0.15, 0.2) is 49.3 Å². The number of nitrogens with zero attached hydrogens (tertiary/aromatic N) is 8. The first-order chi connectivity index (χ1) is 20.1. The number of aromatic nitrogens is 3. The molecule has 212 valence electrons. The molecular formula is C31H36N8O2. The van der Waals surface area contributed by atoms with Crippen LogP contribution >= 0.6 is 0 Å². The van der Waals surface area contributed by atoms with E-state index in [9.17, 15) is 4.79 Å². The zero-order valence-electron chi connectivity index (χ0n) is 23.6. The van der Waals surface area contributed by atoms with Crippen molar-refractivity contribution in [3.05, 3.63) is 72.0 Å². The summed E-state index contributed by atoms with van der Waals surface area (Å²) in [4.78, 5) is 39.2. The monoisotopic (exact) mass is 552 g/mol. The van der Waals surface area contributed by atoms with E-state index in [1.807, 2.05) is 18.5 Å². The summed E-state index contributed by atoms with van der Waals surface area (Å²) in [5.74, 6) is 0.730. The molecule has 2 aromatic heterocycles. The average Bonchev–Trinajstić information content (AvgIpc) is 3.43. The van der Waals surface area contributed by atoms with E-state index in [0.717, 1.165) is 54.1 Å². The Kier molecular flexibility index (Phi) is 7.70. The van der Waals surface area contributed by atoms with Gasteiger partial charge in [0.05, 0.1) is 24.1 Å². The van der Waals surface area contributed by atoms with Gasteiger partial charge in [0, 0.05) is 54.8 Å². The molecule has 0 N–H and O–H groups in total. The number of likely N-dealkylation sites (N-methyl/N-ethyl adjacent to an activating group) is 1. The minimum Gasteiger partial charge on any atom is -0.462 e. The molecule has 0 radical (unpaired) electrons. The van der Waals surface area contributed by atoms with Gasteiger partial charge in [-0.2, -0.15) is 9.97 Å². The molecule has 0 spiro atoms. The number of hydrogen-bond acceptors (Lipinski definition) is 8. The molecule has 1 unspecified atom stereocenters. The predicted molar refractivity (Wildman–Crippen MR) is 159 cm³/mol. The van der Waals surface area contributed by atoms with Gasteiger partial charge in [0.15, 0.2) is 0 Å². The lowest BCUT2D eigenvalue weighted by molar-refractivity contribution is -0.128. The van der Waals surface area contributed by atoms with Crippen LogP contribution in [0.3, 0.4) is 0 Å². The fourth-order valence-electron chi connectivity index (χ4n) is 6.35. The smallest absolute Gasteiger partial charge is 0.318 e. The van der Waals surface area contributed by atoms with Crippen molar-refractivity contribution in [1.29, 1.82) is 0 Å². The van der Waals surface area contributed by atoms with Gasteiger partial charge in [0.1, 0.15) is 18.5 Å². The zero-order valence-corrected chi connectivity index (χ0v) is 23.6. The number of likely N-dealkylation sites (tertiary alicyclic amines) is 1. The minimum absolute atomic E-state index is 0.132. The number of rotatable bonds is 7. The third-order valence-corrected chi connectivity index (χ3v) is 8.63. The van der Waals surface area contributed by atoms with Crippen molar-refractivity contribution in [2.75, 3.05) is 62.7 Å². The van der Waals surface area contributed by atoms with Crippen molar-refractivity contribution in [2.45, 2.75) is 37.9 Å². The van der Waals surface area contributed by atoms with Gasteiger partial charge in [-0.25, -0.2) is 6.57 Å². The maximum Gasteiger partial charge on any atom is 0.318 e. The molecule has 0 saturated carbocycles. The van der Waals surface area contributed by atoms with E-state index < -0.39 is 0 Å². The molecule has 10 nitrogen and oxygen atoms in total. The summed E-state index contributed by atoms with van der Waals surface area (Å²) in [6.45, 7) is 16.1. The van der Waals surface area contributed by atoms with Gasteiger partial charge < -0.3 is 29.2 Å². The summed E-state index contributed by atoms with van der Waals surface area (Å²) in [5.41, 5.74) is 3.16. The molecule has 1 aromatic carbocycles. The predicted octanol–water partition coefficient (Wildman–Crippen LogP) is 3.18. The van der Waals surface area contributed by atoms with E-state index in [-0.39, 0.29) is 18.5 Å². The Morgan fingerprint density at radius 3 is 2.83 bits per heavy atom. The highest BCUT2D eigenvalue weighted by molar-refractivity contribution is 5.93. The zero-order chi connectivity index (χ0) is 28.3. The van der Waals surface area contributed by atoms with E-state index in [1.54, 1.807) is 4.90 Å². The molecule has 5 heterocycles. The van der Waals surface area contributed by atoms with Crippen LogP contribution < -0.4 is 14.5 Å². The molecule has 2 saturated heterocycles. The second-order valence-corrected chi connectivity index (χ2v) is 11.1. The maximum atomic E-state index is 12.5. The summed E-state index contributed by atoms with van der Waals surface area (Å²) in [5, 5.41) is 2.28. The largest absolute Gasteiger partial charge is 0.462 e. The Bertz CT molecular complexity index is 1480. The fourth-order valence-corrected chi connectivity index (χ4v) is 6.35. The molecule has 3 aliphatic rings. The van der Waals surface area contributed by atoms with Gasteiger partial charge in [-0.3, -0.25) is 9.78 Å². The van der Waals surface area contributed by atoms with Gasteiger partial charge in [-0.1, -0.05) is 30.8 Å². The Morgan fingerprint density at radius 1 is 1.15 bits per heavy atom. The molecule has 6 rings (SSSR count). The lowest BCUT2D eigenvalue weighted by Crippen LogP contribution is -2.56. The van der Waals surface area contributed by atoms with Crippen molar-refractivity contribution in [2.24, 2.45) is 0 Å². The first kappa shape index (κ1) is 27.0. The number of piperazine rings is 1. The number of benzene rings is 1. The van der Waals surface area contributed by atoms with E-state index in [1.165, 1.54) is 17.9 Å². The molecule has 0 aliphatic carbocycles. The number of amides is 1. The Morgan fingerprint density at radius 2 is 2.02 bits per heavy atom. The van der Waals surface area contributed by atoms with Gasteiger partial charge in [0.2, 0.25) is 12.5 Å². The second kappa shape index (κ2) is 11.7. The number of pyridine rings is 1. The normalized spacial score (nSPS) is 21.0. The molecule has 0 bridgehead atoms. The highest BCUT2D eigenvalue weighted by Crippen LogP contribution is 2.34. The lowest BCUT2D eigenvalue weighted by Gasteiger charge is -2.41. The third-order valence-electron chi connectivity index (χ3n) is 8.63. The maximum absolute atomic E-state index is 12.5. The van der Waals surface area contributed by atoms with Crippen LogP contribution in [0.2, 0.25) is 0 Å². The van der Waals surface area contributed by atoms with E-state index in [4.69, 9.17) is 21.3 Å². The van der Waals surface area contributed by atoms with Crippen LogP contribution in [0.25, 0.3) is 15.6 Å². The first-order valence-corrected chi connectivity index (χ1v) is 14.4. The number of carbonyl (C=O) groups excluding carboxylic acids is 1. The Labute approximate surface area is 241 Å². The van der Waals surface area contributed by atoms with Crippen LogP contribution in [0, 0.1) is 6.57 Å². The summed E-state index contributed by atoms with van der Waals surface area (Å²) < 4.78 is 6.27. The Balaban J connectivity index is 1.33. The van der Waals surface area contributed by atoms with Crippen molar-refractivity contribution in [1.82, 2.24) is 24.8 Å². The molecular weight excluding hydrogens is 516 g/mol. The van der Waals surface area contributed by atoms with Crippen molar-refractivity contribution in [3.8, 4) is 6.01 Å². The number of carbonyl (C=O) groups is 1. The Hall–Kier alpha value is -4.23. The molecule has 2 fully saturated rings. The SMILES string of the molecule is [C-]#[N+]CC1CN(c2nc(OC[C@@H]3CCCN3C)nc3c2CCN(c2cncc4ccccc24)C3)CCN1C(=O)C=C. The summed E-state index contributed by atoms with van der Waals surface area (Å²) in [6, 6.07) is 8.85. The van der Waals surface area contributed by atoms with Gasteiger partial charge in [-0.15, -0.1) is 0 Å². The van der Waals surface area contributed by atoms with Crippen LogP contribution in [0.1, 0.15) is 24.1 Å². The van der Waals surface area contributed by atoms with Gasteiger partial charge in [-0.05, 0) is 38.9 Å². The molecule has 2 atom stereocenters. The van der Waals surface area contributed by atoms with E-state index in [2.05, 4.69) is 56.4 Å². The van der Waals surface area contributed by atoms with Crippen molar-refractivity contribution >= 4 is 28.2 Å². The standard InChI is InChI=1S/C31H36N8O2/c1-4-29(40)39-15-14-38(19-24(39)17-32-2)30-26-11-13-37(28-18-33-16-22-8-5-6-10-25(22)28)20-27(26)34-31(35-30)41-21-23-9-7-12-36(23)3/h4-6,8,10,16,18,23-24H,1,7,9,11-15,17,19-21H2,3H3/t23-,24?/m0/s1. The topological polar surface area (TPSA) is 82.3 Å². The van der Waals surface area contributed by atoms with Crippen LogP contribution in [0.4, 0.5) is 11.5 Å².